The van der Waals surface area contributed by atoms with Gasteiger partial charge in [-0.05, 0) is 79.4 Å². The van der Waals surface area contributed by atoms with Gasteiger partial charge in [0, 0.05) is 13.0 Å². The molecule has 0 saturated carbocycles. The van der Waals surface area contributed by atoms with Crippen LogP contribution in [0.15, 0.2) is 65.7 Å². The minimum Gasteiger partial charge on any atom is -0.480 e. The van der Waals surface area contributed by atoms with E-state index in [1.165, 1.54) is 11.8 Å². The molecule has 438 valence electrons. The van der Waals surface area contributed by atoms with Crippen LogP contribution in [0, 0.1) is 17.8 Å². The first-order valence-electron chi connectivity index (χ1n) is 26.2. The summed E-state index contributed by atoms with van der Waals surface area (Å²) in [5.74, 6) is -9.98. The van der Waals surface area contributed by atoms with Crippen molar-refractivity contribution >= 4 is 76.9 Å². The van der Waals surface area contributed by atoms with Crippen LogP contribution >= 0.6 is 11.8 Å². The fourth-order valence-electron chi connectivity index (χ4n) is 7.99. The molecule has 0 aliphatic carbocycles. The van der Waals surface area contributed by atoms with E-state index in [-0.39, 0.29) is 69.3 Å². The van der Waals surface area contributed by atoms with Crippen LogP contribution in [-0.2, 0) is 60.8 Å². The number of rotatable bonds is 36. The number of carboxylic acid groups (broad SMARTS) is 1. The topological polar surface area (TPSA) is 424 Å². The summed E-state index contributed by atoms with van der Waals surface area (Å²) in [5.41, 5.74) is 24.1. The van der Waals surface area contributed by atoms with E-state index in [0.717, 1.165) is 5.56 Å². The number of nitrogens with zero attached hydrogens (tertiary/aromatic N) is 1. The third-order valence-corrected chi connectivity index (χ3v) is 12.8. The average Bonchev–Trinajstić information content (AvgIpc) is 3.37. The first-order chi connectivity index (χ1) is 37.3. The predicted molar refractivity (Wildman–Crippen MR) is 299 cm³/mol. The molecule has 0 unspecified atom stereocenters. The molecule has 0 radical (unpaired) electrons. The molecule has 0 heterocycles. The zero-order valence-electron chi connectivity index (χ0n) is 46.1. The Morgan fingerprint density at radius 2 is 0.937 bits per heavy atom. The van der Waals surface area contributed by atoms with E-state index in [1.807, 2.05) is 19.9 Å². The van der Waals surface area contributed by atoms with E-state index in [1.54, 1.807) is 88.5 Å². The van der Waals surface area contributed by atoms with Crippen molar-refractivity contribution in [1.29, 1.82) is 0 Å². The number of primary amides is 1. The quantitative estimate of drug-likeness (QED) is 0.0203. The van der Waals surface area contributed by atoms with Gasteiger partial charge in [-0.25, -0.2) is 4.79 Å². The maximum absolute atomic E-state index is 14.2. The molecule has 9 atom stereocenters. The lowest BCUT2D eigenvalue weighted by molar-refractivity contribution is -0.143. The average molecular weight is 1130 g/mol. The van der Waals surface area contributed by atoms with Crippen LogP contribution in [0.25, 0.3) is 0 Å². The van der Waals surface area contributed by atoms with Crippen LogP contribution < -0.4 is 65.5 Å². The highest BCUT2D eigenvalue weighted by molar-refractivity contribution is 7.98. The Bertz CT molecular complexity index is 2360. The second-order valence-corrected chi connectivity index (χ2v) is 21.3. The molecule has 9 amide bonds. The number of aliphatic carboxylic acids is 1. The normalized spacial score (nSPS) is 14.6. The molecule has 0 fully saturated rings. The van der Waals surface area contributed by atoms with E-state index in [2.05, 4.69) is 47.5 Å². The Morgan fingerprint density at radius 1 is 0.532 bits per heavy atom. The lowest BCUT2D eigenvalue weighted by Crippen LogP contribution is -2.61. The fraction of sp³-hybridized carbons (Fsp3) is 0.566. The number of aliphatic hydroxyl groups is 1. The second-order valence-electron chi connectivity index (χ2n) is 20.3. The summed E-state index contributed by atoms with van der Waals surface area (Å²) in [6.07, 6.45) is 1.23. The number of nitrogens with two attached hydrogens (primary N) is 4. The van der Waals surface area contributed by atoms with Crippen molar-refractivity contribution in [3.8, 4) is 0 Å². The molecule has 26 heteroatoms. The molecular formula is C53H83N13O12S. The molecule has 2 rings (SSSR count). The second kappa shape index (κ2) is 35.2. The van der Waals surface area contributed by atoms with Gasteiger partial charge in [-0.1, -0.05) is 102 Å². The summed E-state index contributed by atoms with van der Waals surface area (Å²) >= 11 is 1.38. The first-order valence-corrected chi connectivity index (χ1v) is 27.6. The van der Waals surface area contributed by atoms with Gasteiger partial charge < -0.3 is 75.7 Å². The summed E-state index contributed by atoms with van der Waals surface area (Å²) in [4.78, 5) is 139. The van der Waals surface area contributed by atoms with Gasteiger partial charge in [0.1, 0.15) is 48.3 Å². The van der Waals surface area contributed by atoms with Crippen LogP contribution in [0.5, 0.6) is 0 Å². The number of thioether (sulfide) groups is 1. The van der Waals surface area contributed by atoms with Crippen molar-refractivity contribution < 1.29 is 58.2 Å². The maximum atomic E-state index is 14.2. The Morgan fingerprint density at radius 3 is 1.41 bits per heavy atom. The van der Waals surface area contributed by atoms with Crippen LogP contribution in [0.1, 0.15) is 91.2 Å². The number of hydrogen-bond donors (Lipinski definition) is 14. The minimum atomic E-state index is -1.76. The number of carboxylic acids is 1. The first kappa shape index (κ1) is 67.8. The molecule has 0 aliphatic heterocycles. The number of carbonyl (C=O) groups is 10. The molecule has 25 nitrogen and oxygen atoms in total. The third kappa shape index (κ3) is 25.8. The number of hydrogen-bond acceptors (Lipinski definition) is 14. The van der Waals surface area contributed by atoms with Crippen LogP contribution in [-0.4, -0.2) is 155 Å². The molecule has 0 bridgehead atoms. The summed E-state index contributed by atoms with van der Waals surface area (Å²) in [7, 11) is 0. The number of carbonyl (C=O) groups excluding carboxylic acids is 9. The summed E-state index contributed by atoms with van der Waals surface area (Å²) in [6.45, 7) is 9.43. The Balaban J connectivity index is 2.44. The van der Waals surface area contributed by atoms with E-state index in [4.69, 9.17) is 22.9 Å². The van der Waals surface area contributed by atoms with Crippen molar-refractivity contribution in [2.45, 2.75) is 147 Å². The van der Waals surface area contributed by atoms with Crippen molar-refractivity contribution in [3.63, 3.8) is 0 Å². The number of nitrogens with one attached hydrogen (secondary N) is 8. The summed E-state index contributed by atoms with van der Waals surface area (Å²) in [6, 6.07) is 4.90. The minimum absolute atomic E-state index is 0.0229. The van der Waals surface area contributed by atoms with Gasteiger partial charge in [-0.3, -0.25) is 48.1 Å². The van der Waals surface area contributed by atoms with Gasteiger partial charge in [-0.2, -0.15) is 11.8 Å². The molecule has 0 aliphatic rings. The predicted octanol–water partition coefficient (Wildman–Crippen LogP) is -1.82. The van der Waals surface area contributed by atoms with Crippen LogP contribution in [0.4, 0.5) is 0 Å². The summed E-state index contributed by atoms with van der Waals surface area (Å²) in [5, 5.41) is 40.5. The standard InChI is InChI=1S/C53H83N13O12S/c1-29(2)23-37(61-44(69)34(54)25-32-15-10-8-11-16-32)47(72)59-35(19-14-21-58-53(56)57)45(70)64-40(27-42(55)68)50(75)63-39(26-33-17-12-9-13-18-33)49(74)65-41(28-67)51(76)62-38(24-30(3)4)48(73)60-36(20-22-79-7)46(71)66-43(31(5)6)52(77)78/h8-13,15-18,29-31,34-41,43,67H,14,19-28,54H2,1-7H3,(H2,55,68)(H,59,72)(H,60,73)(H,61,69)(H,62,76)(H,63,75)(H,64,70)(H,65,74)(H,66,71)(H,77,78)(H4,56,57,58)/t34-,35-,36-,37-,38-,39-,40-,41-,43-/m0/s1. The van der Waals surface area contributed by atoms with Crippen LogP contribution in [0.3, 0.4) is 0 Å². The van der Waals surface area contributed by atoms with Gasteiger partial charge in [0.2, 0.25) is 53.2 Å². The summed E-state index contributed by atoms with van der Waals surface area (Å²) < 4.78 is 0. The zero-order chi connectivity index (χ0) is 59.4. The Hall–Kier alpha value is -7.32. The number of guanidine groups is 1. The van der Waals surface area contributed by atoms with Crippen molar-refractivity contribution in [2.75, 3.05) is 25.2 Å². The molecular weight excluding hydrogens is 1040 g/mol. The monoisotopic (exact) mass is 1130 g/mol. The van der Waals surface area contributed by atoms with Gasteiger partial charge in [0.25, 0.3) is 0 Å². The Labute approximate surface area is 465 Å². The smallest absolute Gasteiger partial charge is 0.326 e. The number of aliphatic hydroxyl groups excluding tert-OH is 1. The molecule has 0 spiro atoms. The lowest BCUT2D eigenvalue weighted by Gasteiger charge is -2.28. The molecule has 79 heavy (non-hydrogen) atoms. The van der Waals surface area contributed by atoms with Crippen molar-refractivity contribution in [3.05, 3.63) is 71.8 Å². The van der Waals surface area contributed by atoms with E-state index < -0.39 is 132 Å². The van der Waals surface area contributed by atoms with E-state index in [0.29, 0.717) is 11.3 Å². The molecule has 0 aromatic heterocycles. The maximum Gasteiger partial charge on any atom is 0.326 e. The van der Waals surface area contributed by atoms with Gasteiger partial charge in [0.15, 0.2) is 5.96 Å². The molecule has 18 N–H and O–H groups in total. The number of amides is 9. The molecule has 2 aromatic carbocycles. The highest BCUT2D eigenvalue weighted by Gasteiger charge is 2.36. The molecule has 0 saturated heterocycles. The fourth-order valence-corrected chi connectivity index (χ4v) is 8.46. The highest BCUT2D eigenvalue weighted by atomic mass is 32.2. The SMILES string of the molecule is CSCC[C@H](NC(=O)[C@H](CC(C)C)NC(=O)[C@H](CO)NC(=O)[C@H](Cc1ccccc1)NC(=O)[C@H](CC(N)=O)NC(=O)[C@H](CCCN=C(N)N)NC(=O)[C@H](CC(C)C)NC(=O)[C@@H](N)Cc1ccccc1)C(=O)N[C@H](C(=O)O)C(C)C. The largest absolute Gasteiger partial charge is 0.480 e. The zero-order valence-corrected chi connectivity index (χ0v) is 46.9. The Kier molecular flexibility index (Phi) is 30.2. The van der Waals surface area contributed by atoms with E-state index in [9.17, 15) is 58.2 Å². The number of aliphatic imine (C=N–C) groups is 1. The van der Waals surface area contributed by atoms with Gasteiger partial charge >= 0.3 is 5.97 Å². The molecule has 2 aromatic rings. The van der Waals surface area contributed by atoms with Crippen LogP contribution in [0.2, 0.25) is 0 Å². The van der Waals surface area contributed by atoms with Crippen molar-refractivity contribution in [2.24, 2.45) is 45.7 Å². The van der Waals surface area contributed by atoms with Gasteiger partial charge in [0.05, 0.1) is 19.1 Å². The highest BCUT2D eigenvalue weighted by Crippen LogP contribution is 2.13. The van der Waals surface area contributed by atoms with Crippen molar-refractivity contribution in [1.82, 2.24) is 42.5 Å². The van der Waals surface area contributed by atoms with E-state index >= 15 is 0 Å². The third-order valence-electron chi connectivity index (χ3n) is 12.1. The lowest BCUT2D eigenvalue weighted by atomic mass is 10.0. The number of benzene rings is 2. The van der Waals surface area contributed by atoms with Gasteiger partial charge in [-0.15, -0.1) is 0 Å².